The summed E-state index contributed by atoms with van der Waals surface area (Å²) in [5.41, 5.74) is 3.52. The van der Waals surface area contributed by atoms with E-state index in [0.717, 1.165) is 17.5 Å². The number of benzene rings is 2. The fourth-order valence-electron chi connectivity index (χ4n) is 3.53. The van der Waals surface area contributed by atoms with Crippen LogP contribution in [0.3, 0.4) is 0 Å². The van der Waals surface area contributed by atoms with Crippen LogP contribution in [0, 0.1) is 6.92 Å². The van der Waals surface area contributed by atoms with Crippen LogP contribution in [0.1, 0.15) is 17.0 Å². The quantitative estimate of drug-likeness (QED) is 0.498. The Hall–Kier alpha value is -3.51. The number of aromatic amines is 1. The summed E-state index contributed by atoms with van der Waals surface area (Å²) in [6.45, 7) is 1.85. The van der Waals surface area contributed by atoms with Crippen LogP contribution in [-0.2, 0) is 17.8 Å². The Morgan fingerprint density at radius 1 is 1.21 bits per heavy atom. The smallest absolute Gasteiger partial charge is 0.261 e. The molecule has 6 heteroatoms. The minimum absolute atomic E-state index is 0.0747. The molecule has 4 aromatic rings. The number of H-pyrrole nitrogens is 1. The van der Waals surface area contributed by atoms with Crippen molar-refractivity contribution >= 4 is 33.7 Å². The summed E-state index contributed by atoms with van der Waals surface area (Å²) in [6.07, 6.45) is 5.64. The van der Waals surface area contributed by atoms with E-state index in [9.17, 15) is 9.59 Å². The maximum atomic E-state index is 13.0. The second-order valence-electron chi connectivity index (χ2n) is 6.96. The summed E-state index contributed by atoms with van der Waals surface area (Å²) >= 11 is 0. The molecule has 0 saturated heterocycles. The largest absolute Gasteiger partial charge is 0.388 e. The molecule has 2 aromatic heterocycles. The highest BCUT2D eigenvalue weighted by atomic mass is 16.3. The first-order chi connectivity index (χ1) is 14.1. The van der Waals surface area contributed by atoms with Crippen molar-refractivity contribution in [1.82, 2.24) is 14.5 Å². The lowest BCUT2D eigenvalue weighted by Gasteiger charge is -2.11. The number of para-hydroxylation sites is 1. The molecule has 2 aromatic carbocycles. The van der Waals surface area contributed by atoms with Gasteiger partial charge in [-0.25, -0.2) is 4.98 Å². The fourth-order valence-corrected chi connectivity index (χ4v) is 3.53. The van der Waals surface area contributed by atoms with Crippen LogP contribution in [0.15, 0.2) is 59.5 Å². The number of aliphatic hydroxyl groups excluding tert-OH is 1. The third-order valence-electron chi connectivity index (χ3n) is 5.07. The molecule has 0 aliphatic carbocycles. The first-order valence-electron chi connectivity index (χ1n) is 9.45. The van der Waals surface area contributed by atoms with Crippen molar-refractivity contribution in [2.24, 2.45) is 0 Å². The normalized spacial score (nSPS) is 11.7. The molecule has 146 valence electrons. The average molecular weight is 387 g/mol. The van der Waals surface area contributed by atoms with Crippen molar-refractivity contribution in [3.63, 3.8) is 0 Å². The molecule has 2 heterocycles. The molecular formula is C23H21N3O3. The number of rotatable bonds is 6. The van der Waals surface area contributed by atoms with Crippen molar-refractivity contribution in [2.45, 2.75) is 19.9 Å². The molecule has 2 N–H and O–H groups in total. The number of carbonyl (C=O) groups excluding carboxylic acids is 1. The third kappa shape index (κ3) is 3.75. The van der Waals surface area contributed by atoms with E-state index in [1.165, 1.54) is 17.0 Å². The highest BCUT2D eigenvalue weighted by Crippen LogP contribution is 2.19. The molecule has 0 spiro atoms. The van der Waals surface area contributed by atoms with Gasteiger partial charge in [0.25, 0.3) is 5.56 Å². The Morgan fingerprint density at radius 3 is 2.86 bits per heavy atom. The maximum absolute atomic E-state index is 13.0. The van der Waals surface area contributed by atoms with E-state index in [2.05, 4.69) is 16.0 Å². The number of nitrogens with zero attached hydrogens (tertiary/aromatic N) is 2. The van der Waals surface area contributed by atoms with E-state index in [1.807, 2.05) is 31.3 Å². The van der Waals surface area contributed by atoms with Crippen molar-refractivity contribution in [1.29, 1.82) is 0 Å². The molecule has 0 saturated carbocycles. The number of aromatic nitrogens is 3. The lowest BCUT2D eigenvalue weighted by atomic mass is 10.1. The predicted octanol–water partition coefficient (Wildman–Crippen LogP) is 3.00. The van der Waals surface area contributed by atoms with Gasteiger partial charge in [0, 0.05) is 23.6 Å². The number of hydrogen-bond acceptors (Lipinski definition) is 4. The second kappa shape index (κ2) is 7.85. The van der Waals surface area contributed by atoms with Crippen molar-refractivity contribution in [3.8, 4) is 0 Å². The van der Waals surface area contributed by atoms with Gasteiger partial charge < -0.3 is 10.1 Å². The van der Waals surface area contributed by atoms with Gasteiger partial charge in [0.2, 0.25) is 0 Å². The molecule has 0 amide bonds. The standard InChI is InChI=1S/C23H21N3O3/c1-15-25-22-12-16(6-8-18(28)14-27)7-9-20(22)23(29)26(15)11-10-17-13-24-21-5-3-2-4-19(17)21/h2-9,12-13,24,27H,10-11,14H2,1H3/b8-6+. The van der Waals surface area contributed by atoms with Gasteiger partial charge in [0.15, 0.2) is 5.78 Å². The molecule has 6 nitrogen and oxygen atoms in total. The van der Waals surface area contributed by atoms with Crippen LogP contribution >= 0.6 is 0 Å². The first-order valence-corrected chi connectivity index (χ1v) is 9.45. The molecule has 0 aliphatic rings. The zero-order chi connectivity index (χ0) is 20.4. The van der Waals surface area contributed by atoms with E-state index in [0.29, 0.717) is 23.3 Å². The van der Waals surface area contributed by atoms with E-state index in [-0.39, 0.29) is 11.3 Å². The van der Waals surface area contributed by atoms with E-state index >= 15 is 0 Å². The number of nitrogens with one attached hydrogen (secondary N) is 1. The molecule has 0 aliphatic heterocycles. The van der Waals surface area contributed by atoms with Gasteiger partial charge in [-0.15, -0.1) is 0 Å². The molecule has 0 radical (unpaired) electrons. The Bertz CT molecular complexity index is 1300. The summed E-state index contributed by atoms with van der Waals surface area (Å²) in [5.74, 6) is 0.275. The molecule has 0 unspecified atom stereocenters. The van der Waals surface area contributed by atoms with Gasteiger partial charge in [-0.1, -0.05) is 30.3 Å². The van der Waals surface area contributed by atoms with Crippen LogP contribution in [0.25, 0.3) is 27.9 Å². The fraction of sp³-hybridized carbons (Fsp3) is 0.174. The summed E-state index contributed by atoms with van der Waals surface area (Å²) in [5, 5.41) is 10.5. The topological polar surface area (TPSA) is 88.0 Å². The third-order valence-corrected chi connectivity index (χ3v) is 5.07. The van der Waals surface area contributed by atoms with Crippen molar-refractivity contribution in [2.75, 3.05) is 6.61 Å². The minimum Gasteiger partial charge on any atom is -0.388 e. The number of carbonyl (C=O) groups is 1. The van der Waals surface area contributed by atoms with Crippen LogP contribution in [0.4, 0.5) is 0 Å². The monoisotopic (exact) mass is 387 g/mol. The molecule has 0 fully saturated rings. The van der Waals surface area contributed by atoms with Crippen LogP contribution < -0.4 is 5.56 Å². The highest BCUT2D eigenvalue weighted by molar-refractivity contribution is 5.94. The van der Waals surface area contributed by atoms with E-state index in [1.54, 1.807) is 28.8 Å². The number of hydrogen-bond donors (Lipinski definition) is 2. The van der Waals surface area contributed by atoms with Crippen molar-refractivity contribution in [3.05, 3.63) is 82.0 Å². The van der Waals surface area contributed by atoms with Gasteiger partial charge in [0.05, 0.1) is 10.9 Å². The number of ketones is 1. The lowest BCUT2D eigenvalue weighted by molar-refractivity contribution is -0.117. The average Bonchev–Trinajstić information content (AvgIpc) is 3.14. The summed E-state index contributed by atoms with van der Waals surface area (Å²) < 4.78 is 1.70. The number of aliphatic hydroxyl groups is 1. The highest BCUT2D eigenvalue weighted by Gasteiger charge is 2.10. The molecule has 0 bridgehead atoms. The molecule has 0 atom stereocenters. The Labute approximate surface area is 167 Å². The lowest BCUT2D eigenvalue weighted by Crippen LogP contribution is -2.24. The van der Waals surface area contributed by atoms with Gasteiger partial charge >= 0.3 is 0 Å². The molecular weight excluding hydrogens is 366 g/mol. The minimum atomic E-state index is -0.525. The SMILES string of the molecule is Cc1nc2cc(/C=C/C(=O)CO)ccc2c(=O)n1CCc1c[nH]c2ccccc12. The van der Waals surface area contributed by atoms with Gasteiger partial charge in [-0.3, -0.25) is 14.2 Å². The van der Waals surface area contributed by atoms with Gasteiger partial charge in [-0.2, -0.15) is 0 Å². The maximum Gasteiger partial charge on any atom is 0.261 e. The zero-order valence-corrected chi connectivity index (χ0v) is 16.1. The van der Waals surface area contributed by atoms with E-state index < -0.39 is 6.61 Å². The van der Waals surface area contributed by atoms with Crippen LogP contribution in [-0.4, -0.2) is 32.0 Å². The van der Waals surface area contributed by atoms with Crippen LogP contribution in [0.5, 0.6) is 0 Å². The Balaban J connectivity index is 1.64. The van der Waals surface area contributed by atoms with Crippen molar-refractivity contribution < 1.29 is 9.90 Å². The second-order valence-corrected chi connectivity index (χ2v) is 6.96. The molecule has 4 rings (SSSR count). The Kier molecular flexibility index (Phi) is 5.10. The number of fused-ring (bicyclic) bond motifs is 2. The van der Waals surface area contributed by atoms with E-state index in [4.69, 9.17) is 5.11 Å². The number of aryl methyl sites for hydroxylation is 2. The summed E-state index contributed by atoms with van der Waals surface area (Å²) in [4.78, 5) is 32.1. The Morgan fingerprint density at radius 2 is 2.03 bits per heavy atom. The first kappa shape index (κ1) is 18.8. The summed E-state index contributed by atoms with van der Waals surface area (Å²) in [6, 6.07) is 13.4. The molecule has 29 heavy (non-hydrogen) atoms. The summed E-state index contributed by atoms with van der Waals surface area (Å²) in [7, 11) is 0. The van der Waals surface area contributed by atoms with Gasteiger partial charge in [-0.05, 0) is 48.7 Å². The predicted molar refractivity (Wildman–Crippen MR) is 114 cm³/mol. The zero-order valence-electron chi connectivity index (χ0n) is 16.1. The van der Waals surface area contributed by atoms with Gasteiger partial charge in [0.1, 0.15) is 12.4 Å². The van der Waals surface area contributed by atoms with Crippen LogP contribution in [0.2, 0.25) is 0 Å².